The molecule has 2 amide bonds. The van der Waals surface area contributed by atoms with Gasteiger partial charge in [-0.3, -0.25) is 9.59 Å². The Balaban J connectivity index is 1.67. The summed E-state index contributed by atoms with van der Waals surface area (Å²) in [7, 11) is 1.25. The highest BCUT2D eigenvalue weighted by Gasteiger charge is 2.48. The van der Waals surface area contributed by atoms with Crippen LogP contribution < -0.4 is 5.32 Å². The minimum atomic E-state index is -1.21. The van der Waals surface area contributed by atoms with Crippen LogP contribution in [0.15, 0.2) is 59.8 Å². The molecule has 35 heavy (non-hydrogen) atoms. The summed E-state index contributed by atoms with van der Waals surface area (Å²) in [6.07, 6.45) is 3.41. The Labute approximate surface area is 208 Å². The molecule has 3 aromatic rings. The first-order chi connectivity index (χ1) is 16.8. The highest BCUT2D eigenvalue weighted by molar-refractivity contribution is 7.98. The molecule has 0 saturated heterocycles. The summed E-state index contributed by atoms with van der Waals surface area (Å²) in [5.74, 6) is -1.42. The lowest BCUT2D eigenvalue weighted by molar-refractivity contribution is -0.133. The highest BCUT2D eigenvalue weighted by atomic mass is 32.2. The number of amides is 2. The van der Waals surface area contributed by atoms with Crippen LogP contribution in [0.2, 0.25) is 0 Å². The number of rotatable bonds is 7. The highest BCUT2D eigenvalue weighted by Crippen LogP contribution is 2.31. The molecule has 2 aromatic carbocycles. The molecule has 182 valence electrons. The van der Waals surface area contributed by atoms with Gasteiger partial charge in [-0.25, -0.2) is 9.78 Å². The van der Waals surface area contributed by atoms with Gasteiger partial charge in [0.15, 0.2) is 5.69 Å². The number of esters is 1. The minimum Gasteiger partial charge on any atom is -0.464 e. The molecule has 9 heteroatoms. The van der Waals surface area contributed by atoms with Gasteiger partial charge in [-0.2, -0.15) is 0 Å². The van der Waals surface area contributed by atoms with Crippen molar-refractivity contribution < 1.29 is 19.1 Å². The molecule has 8 nitrogen and oxygen atoms in total. The lowest BCUT2D eigenvalue weighted by Crippen LogP contribution is -2.63. The van der Waals surface area contributed by atoms with Crippen molar-refractivity contribution in [2.24, 2.45) is 0 Å². The van der Waals surface area contributed by atoms with E-state index < -0.39 is 17.4 Å². The molecule has 0 saturated carbocycles. The fourth-order valence-corrected chi connectivity index (χ4v) is 4.58. The van der Waals surface area contributed by atoms with Crippen molar-refractivity contribution in [1.82, 2.24) is 19.8 Å². The molecule has 1 aliphatic rings. The Morgan fingerprint density at radius 2 is 1.77 bits per heavy atom. The number of hydrogen-bond donors (Lipinski definition) is 1. The number of carbonyl (C=O) groups is 3. The maximum absolute atomic E-state index is 13.8. The normalized spacial score (nSPS) is 17.1. The first-order valence-electron chi connectivity index (χ1n) is 11.2. The number of aryl methyl sites for hydroxylation is 1. The van der Waals surface area contributed by atoms with Gasteiger partial charge in [0.2, 0.25) is 5.91 Å². The summed E-state index contributed by atoms with van der Waals surface area (Å²) in [5.41, 5.74) is 1.84. The van der Waals surface area contributed by atoms with Gasteiger partial charge in [-0.1, -0.05) is 42.0 Å². The van der Waals surface area contributed by atoms with Crippen LogP contribution in [0.5, 0.6) is 0 Å². The topological polar surface area (TPSA) is 93.5 Å². The van der Waals surface area contributed by atoms with E-state index >= 15 is 0 Å². The number of hydrogen-bond acceptors (Lipinski definition) is 6. The van der Waals surface area contributed by atoms with Gasteiger partial charge in [-0.15, -0.1) is 11.8 Å². The summed E-state index contributed by atoms with van der Waals surface area (Å²) >= 11 is 1.63. The smallest absolute Gasteiger partial charge is 0.359 e. The maximum Gasteiger partial charge on any atom is 0.359 e. The van der Waals surface area contributed by atoms with Crippen molar-refractivity contribution in [2.45, 2.75) is 43.9 Å². The van der Waals surface area contributed by atoms with Crippen LogP contribution in [0.25, 0.3) is 0 Å². The molecule has 1 N–H and O–H groups in total. The molecule has 0 aliphatic carbocycles. The largest absolute Gasteiger partial charge is 0.464 e. The van der Waals surface area contributed by atoms with Crippen LogP contribution in [-0.4, -0.2) is 51.1 Å². The van der Waals surface area contributed by atoms with Crippen LogP contribution in [-0.2, 0) is 29.2 Å². The summed E-state index contributed by atoms with van der Waals surface area (Å²) in [6, 6.07) is 15.7. The first kappa shape index (κ1) is 24.5. The van der Waals surface area contributed by atoms with E-state index in [2.05, 4.69) is 10.3 Å². The Bertz CT molecular complexity index is 1250. The predicted octanol–water partition coefficient (Wildman–Crippen LogP) is 3.43. The van der Waals surface area contributed by atoms with E-state index in [1.807, 2.05) is 61.7 Å². The van der Waals surface area contributed by atoms with Gasteiger partial charge in [0, 0.05) is 18.0 Å². The van der Waals surface area contributed by atoms with E-state index in [1.54, 1.807) is 23.3 Å². The monoisotopic (exact) mass is 492 g/mol. The number of nitrogens with zero attached hydrogens (tertiary/aromatic N) is 3. The lowest BCUT2D eigenvalue weighted by Gasteiger charge is -2.43. The summed E-state index contributed by atoms with van der Waals surface area (Å²) in [6.45, 7) is 4.44. The van der Waals surface area contributed by atoms with Gasteiger partial charge < -0.3 is 19.5 Å². The zero-order valence-electron chi connectivity index (χ0n) is 20.2. The Morgan fingerprint density at radius 3 is 2.40 bits per heavy atom. The third-order valence-electron chi connectivity index (χ3n) is 6.30. The SMILES string of the molecule is COC(=O)c1ncn2c1C(=O)N(Cc1ccc(SC)cc1)[C@@](C)(C(=O)NCc1ccc(C)cc1)C2. The Kier molecular flexibility index (Phi) is 6.98. The molecule has 1 atom stereocenters. The second kappa shape index (κ2) is 9.95. The zero-order valence-corrected chi connectivity index (χ0v) is 21.0. The second-order valence-corrected chi connectivity index (χ2v) is 9.62. The number of nitrogens with one attached hydrogen (secondary N) is 1. The third kappa shape index (κ3) is 4.81. The number of aromatic nitrogens is 2. The molecule has 0 fully saturated rings. The standard InChI is InChI=1S/C26H28N4O4S/c1-17-5-7-18(8-6-17)13-27-25(33)26(2)15-29-16-28-21(24(32)34-3)22(29)23(31)30(26)14-19-9-11-20(35-4)12-10-19/h5-12,16H,13-15H2,1-4H3,(H,27,33)/t26-/m1/s1. The van der Waals surface area contributed by atoms with Crippen molar-refractivity contribution in [3.05, 3.63) is 82.9 Å². The Hall–Kier alpha value is -3.59. The van der Waals surface area contributed by atoms with E-state index in [0.29, 0.717) is 6.54 Å². The fourth-order valence-electron chi connectivity index (χ4n) is 4.17. The zero-order chi connectivity index (χ0) is 25.2. The molecular weight excluding hydrogens is 464 g/mol. The molecule has 1 aromatic heterocycles. The van der Waals surface area contributed by atoms with Crippen LogP contribution in [0, 0.1) is 6.92 Å². The van der Waals surface area contributed by atoms with Crippen molar-refractivity contribution in [1.29, 1.82) is 0 Å². The molecule has 4 rings (SSSR count). The molecule has 0 bridgehead atoms. The molecular formula is C26H28N4O4S. The third-order valence-corrected chi connectivity index (χ3v) is 7.04. The van der Waals surface area contributed by atoms with Crippen molar-refractivity contribution >= 4 is 29.5 Å². The molecule has 1 aliphatic heterocycles. The van der Waals surface area contributed by atoms with E-state index in [-0.39, 0.29) is 30.4 Å². The summed E-state index contributed by atoms with van der Waals surface area (Å²) in [4.78, 5) is 46.3. The fraction of sp³-hybridized carbons (Fsp3) is 0.308. The average Bonchev–Trinajstić information content (AvgIpc) is 3.29. The second-order valence-electron chi connectivity index (χ2n) is 8.74. The number of methoxy groups -OCH3 is 1. The summed E-state index contributed by atoms with van der Waals surface area (Å²) in [5, 5.41) is 2.99. The van der Waals surface area contributed by atoms with Crippen LogP contribution in [0.3, 0.4) is 0 Å². The van der Waals surface area contributed by atoms with E-state index in [0.717, 1.165) is 21.6 Å². The first-order valence-corrected chi connectivity index (χ1v) is 12.4. The van der Waals surface area contributed by atoms with Gasteiger partial charge >= 0.3 is 5.97 Å². The van der Waals surface area contributed by atoms with Gasteiger partial charge in [-0.05, 0) is 43.4 Å². The van der Waals surface area contributed by atoms with Crippen LogP contribution in [0.1, 0.15) is 44.6 Å². The van der Waals surface area contributed by atoms with E-state index in [4.69, 9.17) is 4.74 Å². The lowest BCUT2D eigenvalue weighted by atomic mass is 9.93. The van der Waals surface area contributed by atoms with Crippen molar-refractivity contribution in [3.8, 4) is 0 Å². The van der Waals surface area contributed by atoms with Crippen molar-refractivity contribution in [3.63, 3.8) is 0 Å². The quantitative estimate of drug-likeness (QED) is 0.401. The van der Waals surface area contributed by atoms with E-state index in [9.17, 15) is 14.4 Å². The van der Waals surface area contributed by atoms with E-state index in [1.165, 1.54) is 18.3 Å². The average molecular weight is 493 g/mol. The molecule has 0 spiro atoms. The molecule has 0 unspecified atom stereocenters. The molecule has 0 radical (unpaired) electrons. The summed E-state index contributed by atoms with van der Waals surface area (Å²) < 4.78 is 6.38. The Morgan fingerprint density at radius 1 is 1.11 bits per heavy atom. The molecule has 2 heterocycles. The van der Waals surface area contributed by atoms with Crippen LogP contribution in [0.4, 0.5) is 0 Å². The van der Waals surface area contributed by atoms with Gasteiger partial charge in [0.25, 0.3) is 5.91 Å². The number of ether oxygens (including phenoxy) is 1. The number of thioether (sulfide) groups is 1. The van der Waals surface area contributed by atoms with Gasteiger partial charge in [0.05, 0.1) is 20.0 Å². The van der Waals surface area contributed by atoms with Gasteiger partial charge in [0.1, 0.15) is 11.2 Å². The van der Waals surface area contributed by atoms with Crippen molar-refractivity contribution in [2.75, 3.05) is 13.4 Å². The number of imidazole rings is 1. The predicted molar refractivity (Wildman–Crippen MR) is 133 cm³/mol. The number of benzene rings is 2. The number of fused-ring (bicyclic) bond motifs is 1. The van der Waals surface area contributed by atoms with Crippen LogP contribution >= 0.6 is 11.8 Å². The number of carbonyl (C=O) groups excluding carboxylic acids is 3. The minimum absolute atomic E-state index is 0.0534. The maximum atomic E-state index is 13.8.